The Hall–Kier alpha value is -2.00. The van der Waals surface area contributed by atoms with Crippen molar-refractivity contribution >= 4 is 34.7 Å². The number of amides is 1. The molecule has 1 amide bonds. The zero-order chi connectivity index (χ0) is 12.1. The molecule has 17 heavy (non-hydrogen) atoms. The summed E-state index contributed by atoms with van der Waals surface area (Å²) in [4.78, 5) is 18.7. The summed E-state index contributed by atoms with van der Waals surface area (Å²) in [6.07, 6.45) is 0. The van der Waals surface area contributed by atoms with Gasteiger partial charge in [0.05, 0.1) is 28.6 Å². The number of aromatic amines is 1. The predicted octanol–water partition coefficient (Wildman–Crippen LogP) is 1.76. The third-order valence-electron chi connectivity index (χ3n) is 2.05. The lowest BCUT2D eigenvalue weighted by Gasteiger charge is -1.98. The van der Waals surface area contributed by atoms with E-state index in [0.29, 0.717) is 11.7 Å². The summed E-state index contributed by atoms with van der Waals surface area (Å²) in [6.45, 7) is 0. The minimum Gasteiger partial charge on any atom is -0.324 e. The van der Waals surface area contributed by atoms with Crippen LogP contribution < -0.4 is 5.32 Å². The maximum atomic E-state index is 11.5. The van der Waals surface area contributed by atoms with Gasteiger partial charge < -0.3 is 4.98 Å². The van der Waals surface area contributed by atoms with Gasteiger partial charge in [0.2, 0.25) is 11.9 Å². The minimum absolute atomic E-state index is 0.163. The van der Waals surface area contributed by atoms with E-state index in [4.69, 9.17) is 5.26 Å². The molecule has 2 N–H and O–H groups in total. The minimum atomic E-state index is -0.163. The smallest absolute Gasteiger partial charge is 0.236 e. The zero-order valence-electron chi connectivity index (χ0n) is 8.93. The van der Waals surface area contributed by atoms with Crippen molar-refractivity contribution in [2.45, 2.75) is 0 Å². The third-order valence-corrected chi connectivity index (χ3v) is 2.85. The first-order valence-corrected chi connectivity index (χ1v) is 6.14. The van der Waals surface area contributed by atoms with Crippen LogP contribution in [0.5, 0.6) is 0 Å². The Kier molecular flexibility index (Phi) is 3.62. The molecule has 0 spiro atoms. The molecule has 0 aliphatic heterocycles. The van der Waals surface area contributed by atoms with Crippen LogP contribution in [0.3, 0.4) is 0 Å². The van der Waals surface area contributed by atoms with Gasteiger partial charge in [-0.15, -0.1) is 11.8 Å². The topological polar surface area (TPSA) is 81.6 Å². The molecule has 0 unspecified atom stereocenters. The standard InChI is InChI=1S/C11H10N4OS/c12-5-6-17-7-10(16)15-11-13-8-3-1-2-4-9(8)14-11/h1-4H,6-7H2,(H2,13,14,15,16). The number of imidazole rings is 1. The molecule has 0 aliphatic carbocycles. The Bertz CT molecular complexity index is 539. The van der Waals surface area contributed by atoms with Gasteiger partial charge in [-0.25, -0.2) is 4.98 Å². The summed E-state index contributed by atoms with van der Waals surface area (Å²) in [6, 6.07) is 9.51. The van der Waals surface area contributed by atoms with Crippen LogP contribution in [0.25, 0.3) is 11.0 Å². The van der Waals surface area contributed by atoms with Crippen molar-refractivity contribution < 1.29 is 4.79 Å². The number of nitriles is 1. The molecule has 0 aliphatic rings. The Labute approximate surface area is 102 Å². The number of aromatic nitrogens is 2. The van der Waals surface area contributed by atoms with E-state index in [-0.39, 0.29) is 11.7 Å². The normalized spacial score (nSPS) is 10.1. The molecule has 0 fully saturated rings. The van der Waals surface area contributed by atoms with E-state index in [2.05, 4.69) is 15.3 Å². The molecular weight excluding hydrogens is 236 g/mol. The number of fused-ring (bicyclic) bond motifs is 1. The van der Waals surface area contributed by atoms with Crippen LogP contribution in [0.4, 0.5) is 5.95 Å². The van der Waals surface area contributed by atoms with E-state index in [9.17, 15) is 4.79 Å². The highest BCUT2D eigenvalue weighted by molar-refractivity contribution is 8.00. The van der Waals surface area contributed by atoms with Crippen LogP contribution in [0.2, 0.25) is 0 Å². The van der Waals surface area contributed by atoms with E-state index in [1.54, 1.807) is 0 Å². The highest BCUT2D eigenvalue weighted by atomic mass is 32.2. The molecule has 0 radical (unpaired) electrons. The molecule has 1 heterocycles. The quantitative estimate of drug-likeness (QED) is 0.805. The molecule has 0 bridgehead atoms. The average molecular weight is 246 g/mol. The third kappa shape index (κ3) is 2.98. The number of hydrogen-bond donors (Lipinski definition) is 2. The first-order chi connectivity index (χ1) is 8.29. The number of carbonyl (C=O) groups excluding carboxylic acids is 1. The van der Waals surface area contributed by atoms with Gasteiger partial charge in [-0.2, -0.15) is 5.26 Å². The van der Waals surface area contributed by atoms with Crippen LogP contribution >= 0.6 is 11.8 Å². The van der Waals surface area contributed by atoms with Crippen molar-refractivity contribution in [2.24, 2.45) is 0 Å². The maximum absolute atomic E-state index is 11.5. The van der Waals surface area contributed by atoms with E-state index < -0.39 is 0 Å². The van der Waals surface area contributed by atoms with Gasteiger partial charge in [-0.05, 0) is 12.1 Å². The van der Waals surface area contributed by atoms with Crippen LogP contribution in [0, 0.1) is 11.3 Å². The molecule has 6 heteroatoms. The van der Waals surface area contributed by atoms with E-state index in [0.717, 1.165) is 11.0 Å². The van der Waals surface area contributed by atoms with Crippen molar-refractivity contribution in [3.8, 4) is 6.07 Å². The van der Waals surface area contributed by atoms with Crippen molar-refractivity contribution in [2.75, 3.05) is 16.8 Å². The molecular formula is C11H10N4OS. The predicted molar refractivity (Wildman–Crippen MR) is 67.7 cm³/mol. The Morgan fingerprint density at radius 1 is 1.53 bits per heavy atom. The van der Waals surface area contributed by atoms with E-state index >= 15 is 0 Å². The molecule has 1 aromatic carbocycles. The van der Waals surface area contributed by atoms with E-state index in [1.807, 2.05) is 30.3 Å². The summed E-state index contributed by atoms with van der Waals surface area (Å²) >= 11 is 1.27. The van der Waals surface area contributed by atoms with Crippen LogP contribution in [-0.2, 0) is 4.79 Å². The van der Waals surface area contributed by atoms with Gasteiger partial charge in [-0.1, -0.05) is 12.1 Å². The molecule has 5 nitrogen and oxygen atoms in total. The maximum Gasteiger partial charge on any atom is 0.236 e. The second-order valence-electron chi connectivity index (χ2n) is 3.30. The number of benzene rings is 1. The van der Waals surface area contributed by atoms with Gasteiger partial charge in [-0.3, -0.25) is 10.1 Å². The van der Waals surface area contributed by atoms with Gasteiger partial charge in [0.1, 0.15) is 0 Å². The first-order valence-electron chi connectivity index (χ1n) is 4.99. The lowest BCUT2D eigenvalue weighted by molar-refractivity contribution is -0.113. The van der Waals surface area contributed by atoms with Gasteiger partial charge in [0, 0.05) is 0 Å². The fourth-order valence-corrected chi connectivity index (χ4v) is 1.82. The Morgan fingerprint density at radius 2 is 2.35 bits per heavy atom. The fourth-order valence-electron chi connectivity index (χ4n) is 1.37. The van der Waals surface area contributed by atoms with Crippen molar-refractivity contribution in [1.29, 1.82) is 5.26 Å². The van der Waals surface area contributed by atoms with Gasteiger partial charge >= 0.3 is 0 Å². The number of H-pyrrole nitrogens is 1. The fraction of sp³-hybridized carbons (Fsp3) is 0.182. The molecule has 86 valence electrons. The Balaban J connectivity index is 1.99. The molecule has 0 atom stereocenters. The number of nitrogens with one attached hydrogen (secondary N) is 2. The van der Waals surface area contributed by atoms with Crippen molar-refractivity contribution in [1.82, 2.24) is 9.97 Å². The summed E-state index contributed by atoms with van der Waals surface area (Å²) < 4.78 is 0. The second kappa shape index (κ2) is 5.37. The summed E-state index contributed by atoms with van der Waals surface area (Å²) in [5.41, 5.74) is 1.69. The number of rotatable bonds is 4. The number of carbonyl (C=O) groups is 1. The number of anilines is 1. The van der Waals surface area contributed by atoms with Crippen LogP contribution in [0.1, 0.15) is 0 Å². The average Bonchev–Trinajstić information content (AvgIpc) is 2.71. The lowest BCUT2D eigenvalue weighted by Crippen LogP contribution is -2.15. The second-order valence-corrected chi connectivity index (χ2v) is 4.29. The first kappa shape index (κ1) is 11.5. The van der Waals surface area contributed by atoms with Crippen LogP contribution in [-0.4, -0.2) is 27.4 Å². The molecule has 2 aromatic rings. The number of hydrogen-bond acceptors (Lipinski definition) is 4. The highest BCUT2D eigenvalue weighted by Gasteiger charge is 2.06. The zero-order valence-corrected chi connectivity index (χ0v) is 9.75. The van der Waals surface area contributed by atoms with Crippen LogP contribution in [0.15, 0.2) is 24.3 Å². The lowest BCUT2D eigenvalue weighted by atomic mass is 10.3. The molecule has 0 saturated heterocycles. The van der Waals surface area contributed by atoms with Gasteiger partial charge in [0.15, 0.2) is 0 Å². The monoisotopic (exact) mass is 246 g/mol. The molecule has 2 rings (SSSR count). The molecule has 0 saturated carbocycles. The number of thioether (sulfide) groups is 1. The summed E-state index contributed by atoms with van der Waals surface area (Å²) in [5, 5.41) is 11.0. The number of para-hydroxylation sites is 2. The summed E-state index contributed by atoms with van der Waals surface area (Å²) in [5.74, 6) is 0.844. The summed E-state index contributed by atoms with van der Waals surface area (Å²) in [7, 11) is 0. The Morgan fingerprint density at radius 3 is 3.12 bits per heavy atom. The number of nitrogens with zero attached hydrogens (tertiary/aromatic N) is 2. The van der Waals surface area contributed by atoms with Gasteiger partial charge in [0.25, 0.3) is 0 Å². The SMILES string of the molecule is N#CCSCC(=O)Nc1nc2ccccc2[nH]1. The van der Waals surface area contributed by atoms with Crippen molar-refractivity contribution in [3.05, 3.63) is 24.3 Å². The molecule has 1 aromatic heterocycles. The van der Waals surface area contributed by atoms with Crippen molar-refractivity contribution in [3.63, 3.8) is 0 Å². The highest BCUT2D eigenvalue weighted by Crippen LogP contribution is 2.13. The van der Waals surface area contributed by atoms with E-state index in [1.165, 1.54) is 11.8 Å². The largest absolute Gasteiger partial charge is 0.324 e.